The minimum absolute atomic E-state index is 0.149. The van der Waals surface area contributed by atoms with Crippen molar-refractivity contribution in [2.45, 2.75) is 11.3 Å². The van der Waals surface area contributed by atoms with Crippen molar-refractivity contribution < 1.29 is 18.0 Å². The number of sulfone groups is 1. The first-order chi connectivity index (χ1) is 14.0. The molecule has 0 bridgehead atoms. The number of nitrogens with one attached hydrogen (secondary N) is 3. The van der Waals surface area contributed by atoms with Gasteiger partial charge < -0.3 is 15.6 Å². The van der Waals surface area contributed by atoms with E-state index in [0.717, 1.165) is 10.9 Å². The predicted octanol–water partition coefficient (Wildman–Crippen LogP) is 2.23. The van der Waals surface area contributed by atoms with Gasteiger partial charge >= 0.3 is 0 Å². The molecule has 3 aromatic rings. The molecule has 0 spiro atoms. The average molecular weight is 409 g/mol. The van der Waals surface area contributed by atoms with Crippen LogP contribution in [0.25, 0.3) is 17.0 Å². The minimum atomic E-state index is -3.78. The summed E-state index contributed by atoms with van der Waals surface area (Å²) in [6.45, 7) is 0.598. The molecule has 2 amide bonds. The molecular formula is C21H19N3O4S. The topological polar surface area (TPSA) is 108 Å². The third kappa shape index (κ3) is 3.54. The van der Waals surface area contributed by atoms with Gasteiger partial charge in [-0.05, 0) is 30.2 Å². The number of fused-ring (bicyclic) bond motifs is 2. The molecule has 4 rings (SSSR count). The van der Waals surface area contributed by atoms with Gasteiger partial charge in [-0.1, -0.05) is 36.4 Å². The van der Waals surface area contributed by atoms with Crippen LogP contribution in [0.4, 0.5) is 0 Å². The van der Waals surface area contributed by atoms with Crippen LogP contribution in [-0.4, -0.2) is 38.3 Å². The fourth-order valence-electron chi connectivity index (χ4n) is 3.30. The third-order valence-corrected chi connectivity index (χ3v) is 6.60. The normalized spacial score (nSPS) is 14.3. The Kier molecular flexibility index (Phi) is 4.94. The van der Waals surface area contributed by atoms with Crippen LogP contribution >= 0.6 is 0 Å². The maximum Gasteiger partial charge on any atom is 0.263 e. The van der Waals surface area contributed by atoms with Crippen LogP contribution in [0.3, 0.4) is 0 Å². The quantitative estimate of drug-likeness (QED) is 0.543. The van der Waals surface area contributed by atoms with Gasteiger partial charge in [-0.2, -0.15) is 0 Å². The molecule has 2 aromatic carbocycles. The van der Waals surface area contributed by atoms with Crippen molar-refractivity contribution >= 4 is 38.6 Å². The van der Waals surface area contributed by atoms with E-state index < -0.39 is 15.7 Å². The molecule has 1 aromatic heterocycles. The summed E-state index contributed by atoms with van der Waals surface area (Å²) in [5, 5.41) is 6.26. The van der Waals surface area contributed by atoms with Gasteiger partial charge in [0.25, 0.3) is 11.8 Å². The molecule has 0 fully saturated rings. The van der Waals surface area contributed by atoms with Crippen molar-refractivity contribution in [3.63, 3.8) is 0 Å². The van der Waals surface area contributed by atoms with Gasteiger partial charge in [-0.3, -0.25) is 9.59 Å². The molecule has 0 atom stereocenters. The van der Waals surface area contributed by atoms with Gasteiger partial charge in [-0.15, -0.1) is 0 Å². The van der Waals surface area contributed by atoms with E-state index in [1.165, 1.54) is 12.1 Å². The van der Waals surface area contributed by atoms with Crippen LogP contribution in [-0.2, 0) is 14.6 Å². The molecule has 29 heavy (non-hydrogen) atoms. The zero-order valence-corrected chi connectivity index (χ0v) is 16.3. The van der Waals surface area contributed by atoms with E-state index >= 15 is 0 Å². The highest BCUT2D eigenvalue weighted by atomic mass is 32.2. The molecule has 1 aliphatic heterocycles. The predicted molar refractivity (Wildman–Crippen MR) is 110 cm³/mol. The van der Waals surface area contributed by atoms with E-state index in [9.17, 15) is 18.0 Å². The third-order valence-electron chi connectivity index (χ3n) is 4.77. The van der Waals surface area contributed by atoms with Crippen molar-refractivity contribution in [2.75, 3.05) is 13.1 Å². The zero-order valence-electron chi connectivity index (χ0n) is 15.4. The number of rotatable bonds is 6. The Balaban J connectivity index is 1.28. The Morgan fingerprint density at radius 2 is 1.59 bits per heavy atom. The lowest BCUT2D eigenvalue weighted by atomic mass is 10.1. The summed E-state index contributed by atoms with van der Waals surface area (Å²) >= 11 is 0. The number of carbonyl (C=O) groups is 2. The molecular weight excluding hydrogens is 390 g/mol. The molecule has 148 valence electrons. The second-order valence-corrected chi connectivity index (χ2v) is 8.55. The highest BCUT2D eigenvalue weighted by Crippen LogP contribution is 2.32. The molecule has 2 heterocycles. The summed E-state index contributed by atoms with van der Waals surface area (Å²) in [5.41, 5.74) is 1.96. The smallest absolute Gasteiger partial charge is 0.263 e. The first-order valence-corrected chi connectivity index (χ1v) is 10.6. The number of hydrogen-bond donors (Lipinski definition) is 3. The molecule has 1 aliphatic rings. The van der Waals surface area contributed by atoms with Crippen LogP contribution in [0.5, 0.6) is 0 Å². The second-order valence-electron chi connectivity index (χ2n) is 6.66. The highest BCUT2D eigenvalue weighted by molar-refractivity contribution is 7.96. The molecule has 0 unspecified atom stereocenters. The maximum atomic E-state index is 12.5. The minimum Gasteiger partial charge on any atom is -0.360 e. The van der Waals surface area contributed by atoms with E-state index in [4.69, 9.17) is 0 Å². The van der Waals surface area contributed by atoms with E-state index in [1.807, 2.05) is 24.3 Å². The number of hydrogen-bond acceptors (Lipinski definition) is 4. The van der Waals surface area contributed by atoms with Crippen LogP contribution in [0.2, 0.25) is 0 Å². The van der Waals surface area contributed by atoms with Crippen molar-refractivity contribution in [1.29, 1.82) is 0 Å². The summed E-state index contributed by atoms with van der Waals surface area (Å²) in [7, 11) is -3.78. The SMILES string of the molecule is O=C(NCCCNC(=O)c1c[nH]c2ccccc12)C1=Cc2ccccc2S1(=O)=O. The zero-order chi connectivity index (χ0) is 20.4. The molecule has 0 aliphatic carbocycles. The van der Waals surface area contributed by atoms with E-state index in [0.29, 0.717) is 24.1 Å². The summed E-state index contributed by atoms with van der Waals surface area (Å²) in [6.07, 6.45) is 3.52. The Hall–Kier alpha value is -3.39. The standard InChI is InChI=1S/C21H19N3O4S/c25-20(16-13-24-17-8-3-2-7-15(16)17)22-10-5-11-23-21(26)19-12-14-6-1-4-9-18(14)29(19,27)28/h1-4,6-9,12-13,24H,5,10-11H2,(H,22,25)(H,23,26). The number of benzene rings is 2. The van der Waals surface area contributed by atoms with Crippen LogP contribution in [0, 0.1) is 0 Å². The second kappa shape index (κ2) is 7.56. The van der Waals surface area contributed by atoms with Gasteiger partial charge in [-0.25, -0.2) is 8.42 Å². The monoisotopic (exact) mass is 409 g/mol. The fraction of sp³-hybridized carbons (Fsp3) is 0.143. The van der Waals surface area contributed by atoms with Gasteiger partial charge in [0.15, 0.2) is 0 Å². The number of aromatic amines is 1. The van der Waals surface area contributed by atoms with Gasteiger partial charge in [0.2, 0.25) is 9.84 Å². The molecule has 7 nitrogen and oxygen atoms in total. The summed E-state index contributed by atoms with van der Waals surface area (Å²) in [4.78, 5) is 27.6. The average Bonchev–Trinajstić information content (AvgIpc) is 3.26. The molecule has 0 saturated heterocycles. The largest absolute Gasteiger partial charge is 0.360 e. The Morgan fingerprint density at radius 1 is 0.897 bits per heavy atom. The molecule has 0 radical (unpaired) electrons. The van der Waals surface area contributed by atoms with Crippen molar-refractivity contribution in [3.8, 4) is 0 Å². The number of carbonyl (C=O) groups excluding carboxylic acids is 2. The lowest BCUT2D eigenvalue weighted by Crippen LogP contribution is -2.31. The first-order valence-electron chi connectivity index (χ1n) is 9.17. The summed E-state index contributed by atoms with van der Waals surface area (Å²) in [6, 6.07) is 14.0. The lowest BCUT2D eigenvalue weighted by molar-refractivity contribution is -0.116. The molecule has 3 N–H and O–H groups in total. The van der Waals surface area contributed by atoms with E-state index in [1.54, 1.807) is 24.4 Å². The van der Waals surface area contributed by atoms with Crippen molar-refractivity contribution in [3.05, 3.63) is 70.8 Å². The highest BCUT2D eigenvalue weighted by Gasteiger charge is 2.33. The Bertz CT molecular complexity index is 1240. The van der Waals surface area contributed by atoms with Crippen LogP contribution < -0.4 is 10.6 Å². The number of amides is 2. The Labute approximate surface area is 167 Å². The van der Waals surface area contributed by atoms with E-state index in [-0.39, 0.29) is 22.3 Å². The number of para-hydroxylation sites is 1. The summed E-state index contributed by atoms with van der Waals surface area (Å²) < 4.78 is 24.9. The maximum absolute atomic E-state index is 12.5. The van der Waals surface area contributed by atoms with Crippen LogP contribution in [0.1, 0.15) is 22.3 Å². The summed E-state index contributed by atoms with van der Waals surface area (Å²) in [5.74, 6) is -0.838. The lowest BCUT2D eigenvalue weighted by Gasteiger charge is -2.07. The Morgan fingerprint density at radius 3 is 2.38 bits per heavy atom. The van der Waals surface area contributed by atoms with Crippen molar-refractivity contribution in [1.82, 2.24) is 15.6 Å². The van der Waals surface area contributed by atoms with Crippen molar-refractivity contribution in [2.24, 2.45) is 0 Å². The van der Waals surface area contributed by atoms with Crippen LogP contribution in [0.15, 0.2) is 64.5 Å². The van der Waals surface area contributed by atoms with Gasteiger partial charge in [0, 0.05) is 30.2 Å². The van der Waals surface area contributed by atoms with Gasteiger partial charge in [0.1, 0.15) is 4.91 Å². The molecule has 0 saturated carbocycles. The number of H-pyrrole nitrogens is 1. The molecule has 8 heteroatoms. The first kappa shape index (κ1) is 18.9. The van der Waals surface area contributed by atoms with E-state index in [2.05, 4.69) is 15.6 Å². The van der Waals surface area contributed by atoms with Gasteiger partial charge in [0.05, 0.1) is 10.5 Å². The number of aromatic nitrogens is 1. The fourth-order valence-corrected chi connectivity index (χ4v) is 4.83.